The van der Waals surface area contributed by atoms with Gasteiger partial charge in [-0.25, -0.2) is 0 Å². The molecule has 19 rings (SSSR count). The summed E-state index contributed by atoms with van der Waals surface area (Å²) >= 11 is 0. The van der Waals surface area contributed by atoms with Crippen LogP contribution in [-0.4, -0.2) is 74.0 Å². The first-order valence-corrected chi connectivity index (χ1v) is 36.6. The van der Waals surface area contributed by atoms with Crippen LogP contribution in [0.2, 0.25) is 0 Å². The second-order valence-corrected chi connectivity index (χ2v) is 33.6. The van der Waals surface area contributed by atoms with Crippen LogP contribution in [0.25, 0.3) is 0 Å². The molecule has 452 valence electrons. The fourth-order valence-electron chi connectivity index (χ4n) is 25.0. The highest BCUT2D eigenvalue weighted by Gasteiger charge is 2.76. The SMILES string of the molecule is CC(=O)O[C@@]12CCc3cc(c(O)c4c3[C@H]3C=C[C@@]5(CCC[C@@H]5C3)O4)CN3C[C@]4(CC3=O)[C@@H](CC[C@H]4c3ccccc3)CN=C(N)N[C@@]3(CCCC34CCCC4)SSC[C@H]3CC[C@@H]([C@@H](CC1)[C@H](O)C2)[C@@H]1C=C[C@H]2CCC[C@@]24CC[C@@]31C41CCCC1. The molecule has 10 fully saturated rings. The molecule has 84 heavy (non-hydrogen) atoms. The van der Waals surface area contributed by atoms with Crippen molar-refractivity contribution in [3.63, 3.8) is 0 Å². The van der Waals surface area contributed by atoms with Gasteiger partial charge < -0.3 is 35.6 Å². The molecule has 0 aromatic heterocycles. The van der Waals surface area contributed by atoms with E-state index in [9.17, 15) is 15.0 Å². The Morgan fingerprint density at radius 3 is 2.45 bits per heavy atom. The maximum absolute atomic E-state index is 15.1. The van der Waals surface area contributed by atoms with Crippen LogP contribution in [0.5, 0.6) is 11.5 Å². The topological polar surface area (TPSA) is 147 Å². The molecule has 1 amide bonds. The van der Waals surface area contributed by atoms with Gasteiger partial charge in [-0.15, -0.1) is 0 Å². The van der Waals surface area contributed by atoms with Gasteiger partial charge in [-0.2, -0.15) is 0 Å². The molecule has 17 aliphatic rings. The Morgan fingerprint density at radius 2 is 1.62 bits per heavy atom. The number of ether oxygens (including phenoxy) is 2. The van der Waals surface area contributed by atoms with Crippen LogP contribution in [0.3, 0.4) is 0 Å². The predicted molar refractivity (Wildman–Crippen MR) is 334 cm³/mol. The Bertz CT molecular complexity index is 3020. The minimum Gasteiger partial charge on any atom is -0.504 e. The number of nitrogens with zero attached hydrogens (tertiary/aromatic N) is 2. The third kappa shape index (κ3) is 8.06. The lowest BCUT2D eigenvalue weighted by atomic mass is 9.42. The summed E-state index contributed by atoms with van der Waals surface area (Å²) in [5.41, 5.74) is 11.0. The second-order valence-electron chi connectivity index (χ2n) is 31.0. The van der Waals surface area contributed by atoms with Crippen molar-refractivity contribution in [1.82, 2.24) is 10.2 Å². The summed E-state index contributed by atoms with van der Waals surface area (Å²) in [6.45, 7) is 3.00. The first kappa shape index (κ1) is 55.7. The first-order chi connectivity index (χ1) is 40.8. The molecule has 12 bridgehead atoms. The molecule has 7 spiro atoms. The zero-order chi connectivity index (χ0) is 56.9. The number of carbonyl (C=O) groups is 2. The van der Waals surface area contributed by atoms with E-state index >= 15 is 4.79 Å². The summed E-state index contributed by atoms with van der Waals surface area (Å²) in [5.74, 6) is 5.34. The van der Waals surface area contributed by atoms with Crippen molar-refractivity contribution >= 4 is 39.4 Å². The first-order valence-electron chi connectivity index (χ1n) is 34.3. The Kier molecular flexibility index (Phi) is 13.6. The molecule has 0 radical (unpaired) electrons. The van der Waals surface area contributed by atoms with Crippen LogP contribution < -0.4 is 15.8 Å². The van der Waals surface area contributed by atoms with E-state index < -0.39 is 17.3 Å². The number of carbonyl (C=O) groups excluding carboxylic acids is 2. The van der Waals surface area contributed by atoms with Gasteiger partial charge in [-0.3, -0.25) is 14.6 Å². The van der Waals surface area contributed by atoms with E-state index in [2.05, 4.69) is 87.6 Å². The number of nitrogens with one attached hydrogen (secondary N) is 1. The van der Waals surface area contributed by atoms with Gasteiger partial charge in [0.05, 0.1) is 6.10 Å². The monoisotopic (exact) mass is 1180 g/mol. The predicted octanol–water partition coefficient (Wildman–Crippen LogP) is 14.8. The number of rotatable bonds is 2. The van der Waals surface area contributed by atoms with E-state index in [0.29, 0.717) is 90.9 Å². The van der Waals surface area contributed by atoms with E-state index in [1.54, 1.807) is 6.92 Å². The summed E-state index contributed by atoms with van der Waals surface area (Å²) in [7, 11) is 4.36. The highest BCUT2D eigenvalue weighted by Crippen LogP contribution is 2.83. The summed E-state index contributed by atoms with van der Waals surface area (Å²) < 4.78 is 14.0. The van der Waals surface area contributed by atoms with Gasteiger partial charge >= 0.3 is 5.97 Å². The number of amides is 1. The number of benzene rings is 2. The van der Waals surface area contributed by atoms with Crippen LogP contribution in [0.15, 0.2) is 65.7 Å². The van der Waals surface area contributed by atoms with Gasteiger partial charge in [0.15, 0.2) is 17.5 Å². The maximum Gasteiger partial charge on any atom is 0.303 e. The van der Waals surface area contributed by atoms with E-state index in [-0.39, 0.29) is 69.0 Å². The van der Waals surface area contributed by atoms with E-state index in [4.69, 9.17) is 20.2 Å². The molecule has 1 saturated heterocycles. The maximum atomic E-state index is 15.1. The Hall–Kier alpha value is -3.61. The van der Waals surface area contributed by atoms with Crippen LogP contribution >= 0.6 is 21.6 Å². The van der Waals surface area contributed by atoms with Crippen LogP contribution in [-0.2, 0) is 27.3 Å². The molecule has 9 saturated carbocycles. The number of fused-ring (bicyclic) bond motifs is 1. The third-order valence-corrected chi connectivity index (χ3v) is 31.5. The molecule has 16 atom stereocenters. The van der Waals surface area contributed by atoms with Crippen LogP contribution in [0.1, 0.15) is 227 Å². The zero-order valence-electron chi connectivity index (χ0n) is 50.4. The van der Waals surface area contributed by atoms with Crippen molar-refractivity contribution in [1.29, 1.82) is 0 Å². The quantitative estimate of drug-likeness (QED) is 0.130. The van der Waals surface area contributed by atoms with Crippen molar-refractivity contribution < 1.29 is 29.3 Å². The number of aliphatic hydroxyl groups is 1. The number of aliphatic hydroxyl groups excluding tert-OH is 1. The number of esters is 1. The lowest BCUT2D eigenvalue weighted by Crippen LogP contribution is -2.59. The number of nitrogens with two attached hydrogens (primary N) is 1. The minimum atomic E-state index is -0.830. The largest absolute Gasteiger partial charge is 0.504 e. The summed E-state index contributed by atoms with van der Waals surface area (Å²) in [5, 5.41) is 30.2. The highest BCUT2D eigenvalue weighted by molar-refractivity contribution is 8.77. The van der Waals surface area contributed by atoms with Crippen LogP contribution in [0.4, 0.5) is 0 Å². The molecule has 11 aliphatic carbocycles. The minimum absolute atomic E-state index is 0.0850. The number of hydrogen-bond donors (Lipinski definition) is 4. The second kappa shape index (κ2) is 20.5. The van der Waals surface area contributed by atoms with Gasteiger partial charge in [0, 0.05) is 78.9 Å². The Morgan fingerprint density at radius 1 is 0.810 bits per heavy atom. The highest BCUT2D eigenvalue weighted by atomic mass is 33.1. The van der Waals surface area contributed by atoms with E-state index in [0.717, 1.165) is 86.7 Å². The Balaban J connectivity index is 0.813. The van der Waals surface area contributed by atoms with Crippen LogP contribution in [0, 0.1) is 68.5 Å². The number of phenols is 1. The fourth-order valence-corrected chi connectivity index (χ4v) is 29.0. The third-order valence-electron chi connectivity index (χ3n) is 28.2. The van der Waals surface area contributed by atoms with Gasteiger partial charge in [0.25, 0.3) is 0 Å². The van der Waals surface area contributed by atoms with E-state index in [1.807, 2.05) is 4.90 Å². The molecular weight excluding hydrogens is 1080 g/mol. The molecule has 12 heteroatoms. The number of phenolic OH excluding ortho intramolecular Hbond substituents is 1. The van der Waals surface area contributed by atoms with Crippen molar-refractivity contribution in [3.8, 4) is 11.5 Å². The number of allylic oxidation sites excluding steroid dienone is 3. The number of aryl methyl sites for hydroxylation is 1. The van der Waals surface area contributed by atoms with Crippen molar-refractivity contribution in [2.75, 3.05) is 18.8 Å². The van der Waals surface area contributed by atoms with Gasteiger partial charge in [-0.05, 0) is 229 Å². The molecule has 5 N–H and O–H groups in total. The lowest BCUT2D eigenvalue weighted by molar-refractivity contribution is -0.176. The standard InChI is InChI=1S/C72H96N4O6S2/c1-46(77)81-66-33-22-48-38-50(62(80)63-61(48)49-23-35-69(82-63)29-10-15-52(69)39-49)43-76-45-67(41-60(76)79)53(18-20-57(67)47-12-3-2-4-13-47)42-74-64(73)75-72(32-11-27-65(72)25-5-6-26-65)84-83-44-54-16-19-55(56(24-34-66)59(78)40-66)58-21-17-51-14-9-28-68(51)36-37-71(54,58)70(68)30-7-8-31-70/h2-4,12-13,17,21,23,35,38,49,51-59,78,80H,5-11,14-16,18-20,22,24-34,36-37,39-45H2,1H3,(H3,73,74,75)/t49-,51+,52+,53-,54+,55-,56+,57-,58-,59+,66-,67+,68+,69+,71+,72-/m0/s1. The number of aromatic hydroxyl groups is 1. The molecule has 6 heterocycles. The van der Waals surface area contributed by atoms with Crippen molar-refractivity contribution in [3.05, 3.63) is 83.0 Å². The van der Waals surface area contributed by atoms with Gasteiger partial charge in [0.2, 0.25) is 5.91 Å². The molecule has 2 aromatic carbocycles. The molecule has 10 nitrogen and oxygen atoms in total. The molecule has 0 unspecified atom stereocenters. The lowest BCUT2D eigenvalue weighted by Gasteiger charge is -2.63. The molecule has 2 aromatic rings. The molecule has 6 aliphatic heterocycles. The number of guanidine groups is 1. The summed E-state index contributed by atoms with van der Waals surface area (Å²) in [6.07, 6.45) is 42.6. The van der Waals surface area contributed by atoms with E-state index in [1.165, 1.54) is 108 Å². The summed E-state index contributed by atoms with van der Waals surface area (Å²) in [6, 6.07) is 13.1. The average Bonchev–Trinajstić information content (AvgIpc) is 1.60. The zero-order valence-corrected chi connectivity index (χ0v) is 52.0. The van der Waals surface area contributed by atoms with Gasteiger partial charge in [0.1, 0.15) is 16.1 Å². The normalized spacial score (nSPS) is 44.1. The smallest absolute Gasteiger partial charge is 0.303 e. The Labute approximate surface area is 508 Å². The number of hydrogen-bond acceptors (Lipinski definition) is 11. The molecular formula is C72H96N4O6S2. The number of aliphatic imine (C=N–C) groups is 1. The average molecular weight is 1180 g/mol. The fraction of sp³-hybridized carbons (Fsp3) is 0.736. The summed E-state index contributed by atoms with van der Waals surface area (Å²) in [4.78, 5) is 35.9. The van der Waals surface area contributed by atoms with Gasteiger partial charge in [-0.1, -0.05) is 102 Å². The van der Waals surface area contributed by atoms with Crippen molar-refractivity contribution in [2.45, 2.75) is 240 Å². The van der Waals surface area contributed by atoms with Crippen molar-refractivity contribution in [2.24, 2.45) is 79.2 Å².